The highest BCUT2D eigenvalue weighted by Crippen LogP contribution is 2.12. The van der Waals surface area contributed by atoms with Crippen molar-refractivity contribution in [1.29, 1.82) is 0 Å². The van der Waals surface area contributed by atoms with Crippen molar-refractivity contribution in [3.8, 4) is 0 Å². The number of aromatic nitrogens is 1. The second-order valence-electron chi connectivity index (χ2n) is 5.63. The van der Waals surface area contributed by atoms with Crippen molar-refractivity contribution in [2.75, 3.05) is 26.2 Å². The molecule has 1 aliphatic rings. The Morgan fingerprint density at radius 1 is 1.00 bits per heavy atom. The van der Waals surface area contributed by atoms with Crippen LogP contribution in [0.1, 0.15) is 33.0 Å². The molecule has 2 heterocycles. The number of carbonyl (C=O) groups is 2. The van der Waals surface area contributed by atoms with Crippen molar-refractivity contribution in [1.82, 2.24) is 15.0 Å². The molecular weight excluding hydrogens is 294 g/mol. The molecule has 0 saturated carbocycles. The molecule has 0 spiro atoms. The number of hydrogen-bond acceptors (Lipinski definition) is 4. The molecule has 0 N–H and O–H groups in total. The van der Waals surface area contributed by atoms with E-state index in [2.05, 4.69) is 5.16 Å². The Balaban J connectivity index is 1.65. The molecule has 2 aromatic rings. The summed E-state index contributed by atoms with van der Waals surface area (Å²) in [7, 11) is 0. The maximum Gasteiger partial charge on any atom is 0.276 e. The van der Waals surface area contributed by atoms with Crippen LogP contribution in [0.25, 0.3) is 0 Å². The quantitative estimate of drug-likeness (QED) is 0.850. The summed E-state index contributed by atoms with van der Waals surface area (Å²) in [6.07, 6.45) is 0.751. The normalized spacial score (nSPS) is 15.3. The smallest absolute Gasteiger partial charge is 0.276 e. The molecule has 1 fully saturated rings. The second-order valence-corrected chi connectivity index (χ2v) is 5.63. The lowest BCUT2D eigenvalue weighted by atomic mass is 10.2. The first-order chi connectivity index (χ1) is 11.1. The van der Waals surface area contributed by atoms with Gasteiger partial charge in [-0.2, -0.15) is 0 Å². The van der Waals surface area contributed by atoms with Gasteiger partial charge in [0.2, 0.25) is 0 Å². The van der Waals surface area contributed by atoms with Gasteiger partial charge < -0.3 is 14.3 Å². The highest BCUT2D eigenvalue weighted by atomic mass is 16.5. The van der Waals surface area contributed by atoms with E-state index >= 15 is 0 Å². The maximum absolute atomic E-state index is 12.5. The molecule has 6 nitrogen and oxygen atoms in total. The van der Waals surface area contributed by atoms with Gasteiger partial charge in [-0.05, 0) is 25.5 Å². The SMILES string of the molecule is Cc1cc(C(=O)N2CCCN(C(=O)c3ccccc3)CC2)no1. The highest BCUT2D eigenvalue weighted by molar-refractivity contribution is 5.94. The Kier molecular flexibility index (Phi) is 4.41. The van der Waals surface area contributed by atoms with Crippen LogP contribution in [0.15, 0.2) is 40.9 Å². The third-order valence-electron chi connectivity index (χ3n) is 3.94. The van der Waals surface area contributed by atoms with Crippen LogP contribution in [0.5, 0.6) is 0 Å². The monoisotopic (exact) mass is 313 g/mol. The van der Waals surface area contributed by atoms with E-state index in [4.69, 9.17) is 4.52 Å². The van der Waals surface area contributed by atoms with E-state index < -0.39 is 0 Å². The topological polar surface area (TPSA) is 66.7 Å². The predicted molar refractivity (Wildman–Crippen MR) is 84.1 cm³/mol. The van der Waals surface area contributed by atoms with Gasteiger partial charge in [0.1, 0.15) is 5.76 Å². The van der Waals surface area contributed by atoms with Gasteiger partial charge >= 0.3 is 0 Å². The minimum absolute atomic E-state index is 0.0113. The van der Waals surface area contributed by atoms with Gasteiger partial charge in [-0.15, -0.1) is 0 Å². The molecule has 0 aliphatic carbocycles. The Bertz CT molecular complexity index is 696. The van der Waals surface area contributed by atoms with Gasteiger partial charge in [0.05, 0.1) is 0 Å². The summed E-state index contributed by atoms with van der Waals surface area (Å²) in [5, 5.41) is 3.78. The fourth-order valence-electron chi connectivity index (χ4n) is 2.72. The Morgan fingerprint density at radius 3 is 2.26 bits per heavy atom. The first-order valence-corrected chi connectivity index (χ1v) is 7.72. The van der Waals surface area contributed by atoms with Gasteiger partial charge in [-0.25, -0.2) is 0 Å². The van der Waals surface area contributed by atoms with Crippen molar-refractivity contribution in [2.45, 2.75) is 13.3 Å². The van der Waals surface area contributed by atoms with Gasteiger partial charge in [-0.3, -0.25) is 9.59 Å². The summed E-state index contributed by atoms with van der Waals surface area (Å²) in [5.41, 5.74) is 1.00. The molecule has 2 amide bonds. The molecular formula is C17H19N3O3. The molecule has 1 aromatic carbocycles. The van der Waals surface area contributed by atoms with E-state index in [0.29, 0.717) is 43.2 Å². The van der Waals surface area contributed by atoms with Crippen molar-refractivity contribution < 1.29 is 14.1 Å². The minimum atomic E-state index is -0.143. The van der Waals surface area contributed by atoms with E-state index in [1.54, 1.807) is 22.8 Å². The Hall–Kier alpha value is -2.63. The van der Waals surface area contributed by atoms with Crippen LogP contribution < -0.4 is 0 Å². The van der Waals surface area contributed by atoms with Crippen LogP contribution >= 0.6 is 0 Å². The molecule has 0 atom stereocenters. The first-order valence-electron chi connectivity index (χ1n) is 7.72. The van der Waals surface area contributed by atoms with E-state index in [0.717, 1.165) is 6.42 Å². The largest absolute Gasteiger partial charge is 0.361 e. The van der Waals surface area contributed by atoms with Gasteiger partial charge in [0, 0.05) is 37.8 Å². The highest BCUT2D eigenvalue weighted by Gasteiger charge is 2.24. The van der Waals surface area contributed by atoms with Crippen LogP contribution in [0.3, 0.4) is 0 Å². The average Bonchev–Trinajstić information content (AvgIpc) is 2.87. The lowest BCUT2D eigenvalue weighted by Gasteiger charge is -2.21. The summed E-state index contributed by atoms with van der Waals surface area (Å²) in [5.74, 6) is 0.483. The molecule has 1 aliphatic heterocycles. The summed E-state index contributed by atoms with van der Waals surface area (Å²) >= 11 is 0. The number of rotatable bonds is 2. The fraction of sp³-hybridized carbons (Fsp3) is 0.353. The van der Waals surface area contributed by atoms with Gasteiger partial charge in [-0.1, -0.05) is 23.4 Å². The van der Waals surface area contributed by atoms with Crippen LogP contribution in [0.2, 0.25) is 0 Å². The fourth-order valence-corrected chi connectivity index (χ4v) is 2.72. The lowest BCUT2D eigenvalue weighted by Crippen LogP contribution is -2.37. The molecule has 120 valence electrons. The molecule has 1 saturated heterocycles. The van der Waals surface area contributed by atoms with Crippen LogP contribution in [0, 0.1) is 6.92 Å². The van der Waals surface area contributed by atoms with E-state index in [9.17, 15) is 9.59 Å². The standard InChI is InChI=1S/C17H19N3O3/c1-13-12-15(18-23-13)17(22)20-9-5-8-19(10-11-20)16(21)14-6-3-2-4-7-14/h2-4,6-7,12H,5,8-11H2,1H3. The number of nitrogens with zero attached hydrogens (tertiary/aromatic N) is 3. The first kappa shape index (κ1) is 15.3. The van der Waals surface area contributed by atoms with E-state index in [1.165, 1.54) is 0 Å². The van der Waals surface area contributed by atoms with Crippen molar-refractivity contribution in [2.24, 2.45) is 0 Å². The number of carbonyl (C=O) groups excluding carboxylic acids is 2. The summed E-state index contributed by atoms with van der Waals surface area (Å²) in [4.78, 5) is 28.4. The van der Waals surface area contributed by atoms with Crippen molar-refractivity contribution in [3.05, 3.63) is 53.4 Å². The van der Waals surface area contributed by atoms with Crippen molar-refractivity contribution >= 4 is 11.8 Å². The predicted octanol–water partition coefficient (Wildman–Crippen LogP) is 1.97. The second kappa shape index (κ2) is 6.64. The number of benzene rings is 1. The zero-order valence-electron chi connectivity index (χ0n) is 13.1. The lowest BCUT2D eigenvalue weighted by molar-refractivity contribution is 0.0713. The van der Waals surface area contributed by atoms with Crippen LogP contribution in [0.4, 0.5) is 0 Å². The molecule has 0 radical (unpaired) electrons. The molecule has 0 bridgehead atoms. The molecule has 1 aromatic heterocycles. The minimum Gasteiger partial charge on any atom is -0.361 e. The molecule has 23 heavy (non-hydrogen) atoms. The maximum atomic E-state index is 12.5. The number of hydrogen-bond donors (Lipinski definition) is 0. The van der Waals surface area contributed by atoms with Crippen LogP contribution in [-0.4, -0.2) is 52.9 Å². The van der Waals surface area contributed by atoms with E-state index in [1.807, 2.05) is 30.3 Å². The summed E-state index contributed by atoms with van der Waals surface area (Å²) in [6, 6.07) is 10.9. The summed E-state index contributed by atoms with van der Waals surface area (Å²) in [6.45, 7) is 4.05. The van der Waals surface area contributed by atoms with Gasteiger partial charge in [0.15, 0.2) is 5.69 Å². The van der Waals surface area contributed by atoms with Crippen molar-refractivity contribution in [3.63, 3.8) is 0 Å². The third-order valence-corrected chi connectivity index (χ3v) is 3.94. The Labute approximate surface area is 134 Å². The summed E-state index contributed by atoms with van der Waals surface area (Å²) < 4.78 is 4.96. The molecule has 6 heteroatoms. The third kappa shape index (κ3) is 3.41. The molecule has 0 unspecified atom stereocenters. The number of aryl methyl sites for hydroxylation is 1. The molecule has 3 rings (SSSR count). The Morgan fingerprint density at radius 2 is 1.65 bits per heavy atom. The van der Waals surface area contributed by atoms with Crippen LogP contribution in [-0.2, 0) is 0 Å². The van der Waals surface area contributed by atoms with Gasteiger partial charge in [0.25, 0.3) is 11.8 Å². The zero-order valence-corrected chi connectivity index (χ0v) is 13.1. The average molecular weight is 313 g/mol. The van der Waals surface area contributed by atoms with E-state index in [-0.39, 0.29) is 11.8 Å². The number of amides is 2. The zero-order chi connectivity index (χ0) is 16.2.